The van der Waals surface area contributed by atoms with Gasteiger partial charge in [0.05, 0.1) is 12.7 Å². The molecule has 0 spiro atoms. The summed E-state index contributed by atoms with van der Waals surface area (Å²) >= 11 is 0. The van der Waals surface area contributed by atoms with Crippen LogP contribution in [0.5, 0.6) is 0 Å². The number of methoxy groups -OCH3 is 1. The Bertz CT molecular complexity index is 561. The first kappa shape index (κ1) is 10.5. The van der Waals surface area contributed by atoms with Gasteiger partial charge in [-0.2, -0.15) is 0 Å². The minimum Gasteiger partial charge on any atom is -0.465 e. The van der Waals surface area contributed by atoms with Gasteiger partial charge in [0.25, 0.3) is 0 Å². The van der Waals surface area contributed by atoms with Gasteiger partial charge in [0.2, 0.25) is 0 Å². The highest BCUT2D eigenvalue weighted by Gasteiger charge is 2.13. The Labute approximate surface area is 93.8 Å². The van der Waals surface area contributed by atoms with Gasteiger partial charge in [0.1, 0.15) is 0 Å². The molecule has 0 atom stereocenters. The molecule has 0 unspecified atom stereocenters. The standard InChI is InChI=1S/C13H13NO2/c1-8-4-3-5-9-11(14)7-6-10(12(8)9)13(15)16-2/h3-7H,14H2,1-2H3. The van der Waals surface area contributed by atoms with Crippen molar-refractivity contribution in [2.75, 3.05) is 12.8 Å². The molecule has 0 aromatic heterocycles. The van der Waals surface area contributed by atoms with Gasteiger partial charge in [0.15, 0.2) is 0 Å². The van der Waals surface area contributed by atoms with Gasteiger partial charge in [-0.3, -0.25) is 0 Å². The van der Waals surface area contributed by atoms with E-state index in [4.69, 9.17) is 10.5 Å². The van der Waals surface area contributed by atoms with E-state index in [1.807, 2.05) is 25.1 Å². The molecule has 2 N–H and O–H groups in total. The molecule has 16 heavy (non-hydrogen) atoms. The Morgan fingerprint density at radius 3 is 2.69 bits per heavy atom. The van der Waals surface area contributed by atoms with Crippen LogP contribution in [-0.4, -0.2) is 13.1 Å². The Morgan fingerprint density at radius 2 is 2.00 bits per heavy atom. The Balaban J connectivity index is 2.86. The SMILES string of the molecule is COC(=O)c1ccc(N)c2cccc(C)c12. The Hall–Kier alpha value is -2.03. The number of carbonyl (C=O) groups excluding carboxylic acids is 1. The van der Waals surface area contributed by atoms with E-state index in [0.29, 0.717) is 11.3 Å². The maximum absolute atomic E-state index is 11.6. The van der Waals surface area contributed by atoms with Crippen molar-refractivity contribution in [3.05, 3.63) is 41.5 Å². The number of anilines is 1. The molecule has 0 aliphatic heterocycles. The van der Waals surface area contributed by atoms with Crippen molar-refractivity contribution in [1.82, 2.24) is 0 Å². The highest BCUT2D eigenvalue weighted by atomic mass is 16.5. The van der Waals surface area contributed by atoms with Gasteiger partial charge in [0, 0.05) is 16.5 Å². The number of nitrogens with two attached hydrogens (primary N) is 1. The van der Waals surface area contributed by atoms with Crippen molar-refractivity contribution in [2.24, 2.45) is 0 Å². The number of hydrogen-bond donors (Lipinski definition) is 1. The molecule has 3 heteroatoms. The molecule has 0 radical (unpaired) electrons. The molecule has 0 saturated carbocycles. The molecule has 0 saturated heterocycles. The zero-order valence-electron chi connectivity index (χ0n) is 9.28. The zero-order chi connectivity index (χ0) is 11.7. The third kappa shape index (κ3) is 1.50. The fourth-order valence-corrected chi connectivity index (χ4v) is 1.89. The van der Waals surface area contributed by atoms with Crippen molar-refractivity contribution in [1.29, 1.82) is 0 Å². The van der Waals surface area contributed by atoms with Crippen LogP contribution >= 0.6 is 0 Å². The normalized spacial score (nSPS) is 10.4. The van der Waals surface area contributed by atoms with Gasteiger partial charge in [-0.25, -0.2) is 4.79 Å². The lowest BCUT2D eigenvalue weighted by molar-refractivity contribution is 0.0603. The van der Waals surface area contributed by atoms with E-state index in [0.717, 1.165) is 16.3 Å². The van der Waals surface area contributed by atoms with Crippen LogP contribution in [0.4, 0.5) is 5.69 Å². The molecule has 2 aromatic carbocycles. The third-order valence-corrected chi connectivity index (χ3v) is 2.69. The summed E-state index contributed by atoms with van der Waals surface area (Å²) in [5, 5.41) is 1.76. The van der Waals surface area contributed by atoms with Crippen LogP contribution < -0.4 is 5.73 Å². The number of aryl methyl sites for hydroxylation is 1. The summed E-state index contributed by atoms with van der Waals surface area (Å²) in [5.41, 5.74) is 8.13. The molecule has 0 heterocycles. The van der Waals surface area contributed by atoms with Crippen molar-refractivity contribution in [2.45, 2.75) is 6.92 Å². The topological polar surface area (TPSA) is 52.3 Å². The third-order valence-electron chi connectivity index (χ3n) is 2.69. The van der Waals surface area contributed by atoms with Crippen molar-refractivity contribution in [3.8, 4) is 0 Å². The Kier molecular flexibility index (Phi) is 2.52. The van der Waals surface area contributed by atoms with E-state index in [1.54, 1.807) is 12.1 Å². The Morgan fingerprint density at radius 1 is 1.25 bits per heavy atom. The molecular formula is C13H13NO2. The van der Waals surface area contributed by atoms with E-state index in [1.165, 1.54) is 7.11 Å². The van der Waals surface area contributed by atoms with Crippen LogP contribution in [0.15, 0.2) is 30.3 Å². The highest BCUT2D eigenvalue weighted by molar-refractivity contribution is 6.09. The lowest BCUT2D eigenvalue weighted by Gasteiger charge is -2.09. The lowest BCUT2D eigenvalue weighted by Crippen LogP contribution is -2.03. The van der Waals surface area contributed by atoms with Crippen LogP contribution in [0.25, 0.3) is 10.8 Å². The maximum Gasteiger partial charge on any atom is 0.338 e. The predicted molar refractivity (Wildman–Crippen MR) is 64.4 cm³/mol. The molecule has 3 nitrogen and oxygen atoms in total. The first-order chi connectivity index (χ1) is 7.65. The lowest BCUT2D eigenvalue weighted by atomic mass is 9.99. The van der Waals surface area contributed by atoms with E-state index >= 15 is 0 Å². The summed E-state index contributed by atoms with van der Waals surface area (Å²) in [4.78, 5) is 11.6. The molecule has 2 rings (SSSR count). The number of carbonyl (C=O) groups is 1. The second-order valence-corrected chi connectivity index (χ2v) is 3.69. The van der Waals surface area contributed by atoms with Crippen LogP contribution in [-0.2, 0) is 4.74 Å². The minimum atomic E-state index is -0.334. The highest BCUT2D eigenvalue weighted by Crippen LogP contribution is 2.27. The van der Waals surface area contributed by atoms with Gasteiger partial charge >= 0.3 is 5.97 Å². The van der Waals surface area contributed by atoms with Gasteiger partial charge in [-0.1, -0.05) is 18.2 Å². The number of nitrogen functional groups attached to an aromatic ring is 1. The summed E-state index contributed by atoms with van der Waals surface area (Å²) in [6.07, 6.45) is 0. The smallest absolute Gasteiger partial charge is 0.338 e. The van der Waals surface area contributed by atoms with Crippen molar-refractivity contribution >= 4 is 22.4 Å². The predicted octanol–water partition coefficient (Wildman–Crippen LogP) is 2.52. The summed E-state index contributed by atoms with van der Waals surface area (Å²) in [6, 6.07) is 9.22. The summed E-state index contributed by atoms with van der Waals surface area (Å²) in [7, 11) is 1.38. The second kappa shape index (κ2) is 3.85. The number of hydrogen-bond acceptors (Lipinski definition) is 3. The fraction of sp³-hybridized carbons (Fsp3) is 0.154. The molecule has 0 fully saturated rings. The zero-order valence-corrected chi connectivity index (χ0v) is 9.28. The quantitative estimate of drug-likeness (QED) is 0.587. The molecule has 82 valence electrons. The first-order valence-electron chi connectivity index (χ1n) is 5.01. The van der Waals surface area contributed by atoms with Crippen molar-refractivity contribution < 1.29 is 9.53 Å². The molecular weight excluding hydrogens is 202 g/mol. The molecule has 0 aliphatic carbocycles. The van der Waals surface area contributed by atoms with Gasteiger partial charge < -0.3 is 10.5 Å². The van der Waals surface area contributed by atoms with Gasteiger partial charge in [-0.05, 0) is 24.6 Å². The van der Waals surface area contributed by atoms with Crippen molar-refractivity contribution in [3.63, 3.8) is 0 Å². The van der Waals surface area contributed by atoms with E-state index in [-0.39, 0.29) is 5.97 Å². The van der Waals surface area contributed by atoms with E-state index in [9.17, 15) is 4.79 Å². The molecule has 0 amide bonds. The maximum atomic E-state index is 11.6. The average Bonchev–Trinajstić information content (AvgIpc) is 2.30. The number of ether oxygens (including phenoxy) is 1. The van der Waals surface area contributed by atoms with Crippen LogP contribution in [0, 0.1) is 6.92 Å². The molecule has 0 aliphatic rings. The molecule has 2 aromatic rings. The van der Waals surface area contributed by atoms with Crippen LogP contribution in [0.2, 0.25) is 0 Å². The minimum absolute atomic E-state index is 0.334. The fourth-order valence-electron chi connectivity index (χ4n) is 1.89. The number of esters is 1. The monoisotopic (exact) mass is 215 g/mol. The van der Waals surface area contributed by atoms with Crippen LogP contribution in [0.3, 0.4) is 0 Å². The summed E-state index contributed by atoms with van der Waals surface area (Å²) in [6.45, 7) is 1.95. The van der Waals surface area contributed by atoms with E-state index in [2.05, 4.69) is 0 Å². The number of fused-ring (bicyclic) bond motifs is 1. The average molecular weight is 215 g/mol. The number of rotatable bonds is 1. The summed E-state index contributed by atoms with van der Waals surface area (Å²) in [5.74, 6) is -0.334. The van der Waals surface area contributed by atoms with E-state index < -0.39 is 0 Å². The largest absolute Gasteiger partial charge is 0.465 e. The summed E-state index contributed by atoms with van der Waals surface area (Å²) < 4.78 is 4.76. The first-order valence-corrected chi connectivity index (χ1v) is 5.01. The second-order valence-electron chi connectivity index (χ2n) is 3.69. The number of benzene rings is 2. The van der Waals surface area contributed by atoms with Gasteiger partial charge in [-0.15, -0.1) is 0 Å². The molecule has 0 bridgehead atoms. The van der Waals surface area contributed by atoms with Crippen LogP contribution in [0.1, 0.15) is 15.9 Å².